The molecule has 3 aliphatic rings. The molecule has 0 aromatic heterocycles. The Balaban J connectivity index is 1.81. The van der Waals surface area contributed by atoms with Crippen molar-refractivity contribution in [1.29, 1.82) is 0 Å². The normalized spacial score (nSPS) is 15.5. The summed E-state index contributed by atoms with van der Waals surface area (Å²) in [6.07, 6.45) is 0. The minimum absolute atomic E-state index is 1.29. The molecule has 1 spiro atoms. The molecular weight excluding hydrogens is 333 g/mol. The lowest BCUT2D eigenvalue weighted by molar-refractivity contribution is 1.59. The number of fused-ring (bicyclic) bond motifs is 4. The zero-order valence-corrected chi connectivity index (χ0v) is 14.9. The Morgan fingerprint density at radius 3 is 1.46 bits per heavy atom. The Labute approximate surface area is 152 Å². The maximum atomic E-state index is 3.76. The molecule has 0 bridgehead atoms. The van der Waals surface area contributed by atoms with Gasteiger partial charge in [-0.2, -0.15) is 0 Å². The van der Waals surface area contributed by atoms with Gasteiger partial charge in [0.05, 0.1) is 11.4 Å². The molecule has 0 aliphatic carbocycles. The Hall–Kier alpha value is -2.89. The van der Waals surface area contributed by atoms with E-state index in [4.69, 9.17) is 0 Å². The molecule has 0 fully saturated rings. The third-order valence-electron chi connectivity index (χ3n) is 6.12. The van der Waals surface area contributed by atoms with Crippen molar-refractivity contribution in [2.24, 2.45) is 0 Å². The van der Waals surface area contributed by atoms with Crippen molar-refractivity contribution in [2.45, 2.75) is 0 Å². The third-order valence-corrected chi connectivity index (χ3v) is 10.7. The summed E-state index contributed by atoms with van der Waals surface area (Å²) >= 11 is 0. The summed E-state index contributed by atoms with van der Waals surface area (Å²) in [7, 11) is -1.79. The molecule has 0 radical (unpaired) electrons. The van der Waals surface area contributed by atoms with Crippen LogP contribution in [0.1, 0.15) is 0 Å². The van der Waals surface area contributed by atoms with E-state index in [0.29, 0.717) is 0 Å². The number of anilines is 2. The van der Waals surface area contributed by atoms with Crippen molar-refractivity contribution >= 4 is 39.9 Å². The quantitative estimate of drug-likeness (QED) is 0.403. The average Bonchev–Trinajstić information content (AvgIpc) is 3.17. The van der Waals surface area contributed by atoms with Gasteiger partial charge in [0.2, 0.25) is 0 Å². The lowest BCUT2D eigenvalue weighted by Crippen LogP contribution is -2.37. The van der Waals surface area contributed by atoms with Crippen LogP contribution in [0.2, 0.25) is 0 Å². The molecular formula is C24H15NP+. The first-order chi connectivity index (χ1) is 12.9. The lowest BCUT2D eigenvalue weighted by Gasteiger charge is -2.29. The smallest absolute Gasteiger partial charge is 0.151 e. The van der Waals surface area contributed by atoms with Crippen LogP contribution in [0.25, 0.3) is 22.3 Å². The highest BCUT2D eigenvalue weighted by Gasteiger charge is 2.64. The second-order valence-electron chi connectivity index (χ2n) is 7.23. The fraction of sp³-hybridized carbons (Fsp3) is 0. The lowest BCUT2D eigenvalue weighted by atomic mass is 10.0. The van der Waals surface area contributed by atoms with Gasteiger partial charge >= 0.3 is 0 Å². The van der Waals surface area contributed by atoms with E-state index in [-0.39, 0.29) is 0 Å². The molecule has 3 aliphatic heterocycles. The van der Waals surface area contributed by atoms with Gasteiger partial charge in [-0.15, -0.1) is 0 Å². The highest BCUT2D eigenvalue weighted by molar-refractivity contribution is 8.04. The summed E-state index contributed by atoms with van der Waals surface area (Å²) in [5.41, 5.74) is 8.23. The van der Waals surface area contributed by atoms with E-state index in [1.807, 2.05) is 0 Å². The fourth-order valence-electron chi connectivity index (χ4n) is 5.30. The minimum Gasteiger partial charge on any atom is -0.349 e. The van der Waals surface area contributed by atoms with Crippen molar-refractivity contribution in [1.82, 2.24) is 0 Å². The standard InChI is InChI=1S/C24H15NP/c1-3-13-21-15(7-1)17-9-5-11-19-23(17)26(21)22-14-4-2-8-16(22)18-10-6-12-20(25-19)24(18)26/h1-14,25H/q+1. The summed E-state index contributed by atoms with van der Waals surface area (Å²) < 4.78 is 0. The van der Waals surface area contributed by atoms with Crippen LogP contribution in [-0.4, -0.2) is 0 Å². The molecule has 0 unspecified atom stereocenters. The van der Waals surface area contributed by atoms with Gasteiger partial charge in [-0.3, -0.25) is 0 Å². The molecule has 120 valence electrons. The van der Waals surface area contributed by atoms with E-state index in [2.05, 4.69) is 90.2 Å². The molecule has 26 heavy (non-hydrogen) atoms. The van der Waals surface area contributed by atoms with Crippen molar-refractivity contribution in [3.63, 3.8) is 0 Å². The molecule has 0 atom stereocenters. The Bertz CT molecular complexity index is 1170. The van der Waals surface area contributed by atoms with E-state index >= 15 is 0 Å². The molecule has 0 saturated carbocycles. The second-order valence-corrected chi connectivity index (χ2v) is 10.4. The van der Waals surface area contributed by atoms with Crippen molar-refractivity contribution < 1.29 is 0 Å². The van der Waals surface area contributed by atoms with Crippen LogP contribution >= 0.6 is 7.26 Å². The van der Waals surface area contributed by atoms with Crippen LogP contribution in [-0.2, 0) is 0 Å². The van der Waals surface area contributed by atoms with Gasteiger partial charge in [0.15, 0.2) is 7.26 Å². The van der Waals surface area contributed by atoms with E-state index in [9.17, 15) is 0 Å². The predicted molar refractivity (Wildman–Crippen MR) is 112 cm³/mol. The first-order valence-corrected chi connectivity index (χ1v) is 10.8. The second kappa shape index (κ2) is 4.26. The molecule has 4 aromatic rings. The number of nitrogens with one attached hydrogen (secondary N) is 1. The van der Waals surface area contributed by atoms with E-state index in [1.54, 1.807) is 0 Å². The molecule has 0 saturated heterocycles. The zero-order chi connectivity index (χ0) is 16.9. The number of benzene rings is 4. The molecule has 4 aromatic carbocycles. The Morgan fingerprint density at radius 1 is 0.462 bits per heavy atom. The zero-order valence-electron chi connectivity index (χ0n) is 14.0. The maximum absolute atomic E-state index is 3.76. The van der Waals surface area contributed by atoms with E-state index in [0.717, 1.165) is 0 Å². The minimum atomic E-state index is -1.79. The van der Waals surface area contributed by atoms with Gasteiger partial charge in [0.25, 0.3) is 0 Å². The molecule has 0 amide bonds. The van der Waals surface area contributed by atoms with Gasteiger partial charge in [-0.05, 0) is 24.3 Å². The molecule has 7 rings (SSSR count). The van der Waals surface area contributed by atoms with Gasteiger partial charge in [0, 0.05) is 22.3 Å². The van der Waals surface area contributed by atoms with Crippen molar-refractivity contribution in [2.75, 3.05) is 5.32 Å². The maximum Gasteiger partial charge on any atom is 0.151 e. The third kappa shape index (κ3) is 1.24. The van der Waals surface area contributed by atoms with Crippen LogP contribution in [0.3, 0.4) is 0 Å². The summed E-state index contributed by atoms with van der Waals surface area (Å²) in [4.78, 5) is 0. The summed E-state index contributed by atoms with van der Waals surface area (Å²) in [6.45, 7) is 0. The highest BCUT2D eigenvalue weighted by atomic mass is 31.2. The topological polar surface area (TPSA) is 12.0 Å². The fourth-order valence-corrected chi connectivity index (χ4v) is 10.6. The van der Waals surface area contributed by atoms with Crippen LogP contribution < -0.4 is 26.5 Å². The summed E-state index contributed by atoms with van der Waals surface area (Å²) in [5, 5.41) is 9.88. The molecule has 2 heteroatoms. The van der Waals surface area contributed by atoms with Gasteiger partial charge < -0.3 is 5.32 Å². The average molecular weight is 348 g/mol. The monoisotopic (exact) mass is 348 g/mol. The van der Waals surface area contributed by atoms with Crippen LogP contribution in [0.4, 0.5) is 11.4 Å². The first-order valence-electron chi connectivity index (χ1n) is 9.04. The largest absolute Gasteiger partial charge is 0.349 e. The van der Waals surface area contributed by atoms with E-state index in [1.165, 1.54) is 54.8 Å². The molecule has 1 N–H and O–H groups in total. The van der Waals surface area contributed by atoms with Gasteiger partial charge in [0.1, 0.15) is 21.2 Å². The van der Waals surface area contributed by atoms with E-state index < -0.39 is 7.26 Å². The van der Waals surface area contributed by atoms with Crippen molar-refractivity contribution in [3.8, 4) is 22.3 Å². The molecule has 3 heterocycles. The Morgan fingerprint density at radius 2 is 0.923 bits per heavy atom. The Kier molecular flexibility index (Phi) is 2.18. The number of rotatable bonds is 0. The molecule has 1 nitrogen and oxygen atoms in total. The SMILES string of the molecule is c1ccc2c(c1)-c1cccc3c1[P+]21c2ccccc2-c2cccc(c21)N3. The summed E-state index contributed by atoms with van der Waals surface area (Å²) in [6, 6.07) is 31.7. The highest BCUT2D eigenvalue weighted by Crippen LogP contribution is 2.70. The number of hydrogen-bond acceptors (Lipinski definition) is 1. The first kappa shape index (κ1) is 13.3. The van der Waals surface area contributed by atoms with Gasteiger partial charge in [-0.25, -0.2) is 0 Å². The van der Waals surface area contributed by atoms with Gasteiger partial charge in [-0.1, -0.05) is 60.7 Å². The van der Waals surface area contributed by atoms with Crippen molar-refractivity contribution in [3.05, 3.63) is 84.9 Å². The van der Waals surface area contributed by atoms with Crippen LogP contribution in [0.5, 0.6) is 0 Å². The predicted octanol–water partition coefficient (Wildman–Crippen LogP) is 4.32. The van der Waals surface area contributed by atoms with Crippen LogP contribution in [0, 0.1) is 0 Å². The number of hydrogen-bond donors (Lipinski definition) is 1. The van der Waals surface area contributed by atoms with Crippen LogP contribution in [0.15, 0.2) is 84.9 Å². The summed E-state index contributed by atoms with van der Waals surface area (Å²) in [5.74, 6) is 0.